The maximum Gasteiger partial charge on any atom is 0.126 e. The molecular weight excluding hydrogens is 198 g/mol. The lowest BCUT2D eigenvalue weighted by Crippen LogP contribution is -2.43. The molecule has 0 amide bonds. The zero-order valence-electron chi connectivity index (χ0n) is 10.4. The topological polar surface area (TPSA) is 35.2 Å². The Labute approximate surface area is 98.1 Å². The summed E-state index contributed by atoms with van der Waals surface area (Å²) in [6.45, 7) is 9.90. The van der Waals surface area contributed by atoms with Crippen molar-refractivity contribution in [2.75, 3.05) is 0 Å². The van der Waals surface area contributed by atoms with Crippen LogP contribution < -0.4 is 10.5 Å². The van der Waals surface area contributed by atoms with Crippen LogP contribution in [0.15, 0.2) is 37.1 Å². The molecule has 88 valence electrons. The van der Waals surface area contributed by atoms with Crippen LogP contribution in [0.3, 0.4) is 0 Å². The monoisotopic (exact) mass is 219 g/mol. The van der Waals surface area contributed by atoms with Crippen LogP contribution in [-0.4, -0.2) is 5.54 Å². The van der Waals surface area contributed by atoms with Crippen molar-refractivity contribution in [3.05, 3.63) is 42.7 Å². The van der Waals surface area contributed by atoms with E-state index in [0.29, 0.717) is 5.92 Å². The molecule has 0 radical (unpaired) electrons. The van der Waals surface area contributed by atoms with Crippen LogP contribution in [0.5, 0.6) is 5.75 Å². The van der Waals surface area contributed by atoms with Crippen molar-refractivity contribution in [3.63, 3.8) is 0 Å². The average molecular weight is 219 g/mol. The summed E-state index contributed by atoms with van der Waals surface area (Å²) in [6, 6.07) is 7.97. The second-order valence-electron chi connectivity index (χ2n) is 4.77. The van der Waals surface area contributed by atoms with Gasteiger partial charge in [-0.05, 0) is 37.0 Å². The van der Waals surface area contributed by atoms with Gasteiger partial charge in [0, 0.05) is 5.54 Å². The maximum absolute atomic E-state index is 6.24. The quantitative estimate of drug-likeness (QED) is 0.772. The summed E-state index contributed by atoms with van der Waals surface area (Å²) in [4.78, 5) is 0. The molecule has 1 unspecified atom stereocenters. The highest BCUT2D eigenvalue weighted by atomic mass is 16.5. The highest BCUT2D eigenvalue weighted by Gasteiger charge is 2.22. The van der Waals surface area contributed by atoms with Gasteiger partial charge in [0.15, 0.2) is 0 Å². The number of benzene rings is 1. The molecule has 0 fully saturated rings. The lowest BCUT2D eigenvalue weighted by molar-refractivity contribution is 0.337. The summed E-state index contributed by atoms with van der Waals surface area (Å²) < 4.78 is 5.17. The van der Waals surface area contributed by atoms with Crippen LogP contribution >= 0.6 is 0 Å². The van der Waals surface area contributed by atoms with Crippen LogP contribution in [0.2, 0.25) is 0 Å². The molecule has 0 aliphatic rings. The van der Waals surface area contributed by atoms with Crippen molar-refractivity contribution in [2.24, 2.45) is 11.7 Å². The third kappa shape index (κ3) is 3.38. The number of hydrogen-bond donors (Lipinski definition) is 1. The summed E-state index contributed by atoms with van der Waals surface area (Å²) in [5.41, 5.74) is 7.31. The van der Waals surface area contributed by atoms with Crippen LogP contribution in [0.4, 0.5) is 0 Å². The summed E-state index contributed by atoms with van der Waals surface area (Å²) in [5, 5.41) is 0. The smallest absolute Gasteiger partial charge is 0.126 e. The van der Waals surface area contributed by atoms with E-state index in [-0.39, 0.29) is 5.54 Å². The fourth-order valence-electron chi connectivity index (χ4n) is 1.43. The molecule has 1 atom stereocenters. The Kier molecular flexibility index (Phi) is 4.13. The first kappa shape index (κ1) is 12.8. The molecule has 0 bridgehead atoms. The number of ether oxygens (including phenoxy) is 1. The van der Waals surface area contributed by atoms with E-state index in [0.717, 1.165) is 12.2 Å². The second-order valence-corrected chi connectivity index (χ2v) is 4.77. The molecule has 0 saturated heterocycles. The van der Waals surface area contributed by atoms with E-state index < -0.39 is 0 Å². The summed E-state index contributed by atoms with van der Waals surface area (Å²) >= 11 is 0. The van der Waals surface area contributed by atoms with Crippen molar-refractivity contribution in [2.45, 2.75) is 32.7 Å². The summed E-state index contributed by atoms with van der Waals surface area (Å²) in [5.74, 6) is 1.26. The molecule has 1 rings (SSSR count). The first-order chi connectivity index (χ1) is 7.45. The van der Waals surface area contributed by atoms with Gasteiger partial charge in [-0.15, -0.1) is 0 Å². The van der Waals surface area contributed by atoms with Gasteiger partial charge in [0.1, 0.15) is 5.75 Å². The van der Waals surface area contributed by atoms with Gasteiger partial charge in [-0.1, -0.05) is 32.6 Å². The largest absolute Gasteiger partial charge is 0.466 e. The first-order valence-electron chi connectivity index (χ1n) is 5.61. The van der Waals surface area contributed by atoms with Gasteiger partial charge in [-0.3, -0.25) is 0 Å². The maximum atomic E-state index is 6.24. The van der Waals surface area contributed by atoms with Crippen LogP contribution in [0.1, 0.15) is 26.3 Å². The average Bonchev–Trinajstić information content (AvgIpc) is 2.21. The van der Waals surface area contributed by atoms with Gasteiger partial charge in [0.05, 0.1) is 6.26 Å². The first-order valence-corrected chi connectivity index (χ1v) is 5.61. The third-order valence-electron chi connectivity index (χ3n) is 3.05. The Bertz CT molecular complexity index is 338. The molecular formula is C14H21NO. The highest BCUT2D eigenvalue weighted by molar-refractivity contribution is 5.28. The van der Waals surface area contributed by atoms with E-state index in [4.69, 9.17) is 10.5 Å². The molecule has 0 aliphatic heterocycles. The van der Waals surface area contributed by atoms with Gasteiger partial charge < -0.3 is 10.5 Å². The summed E-state index contributed by atoms with van der Waals surface area (Å²) in [7, 11) is 0. The zero-order chi connectivity index (χ0) is 12.2. The molecule has 1 aromatic carbocycles. The molecule has 0 heterocycles. The minimum absolute atomic E-state index is 0.166. The van der Waals surface area contributed by atoms with Crippen LogP contribution in [0, 0.1) is 5.92 Å². The SMILES string of the molecule is C=COc1ccc(CC(C)(N)C(C)C)cc1. The Balaban J connectivity index is 2.72. The van der Waals surface area contributed by atoms with E-state index in [1.165, 1.54) is 11.8 Å². The van der Waals surface area contributed by atoms with E-state index in [1.54, 1.807) is 0 Å². The van der Waals surface area contributed by atoms with Crippen molar-refractivity contribution in [1.29, 1.82) is 0 Å². The van der Waals surface area contributed by atoms with E-state index in [2.05, 4.69) is 27.4 Å². The van der Waals surface area contributed by atoms with Crippen molar-refractivity contribution < 1.29 is 4.74 Å². The van der Waals surface area contributed by atoms with E-state index in [1.807, 2.05) is 24.3 Å². The Morgan fingerprint density at radius 3 is 2.38 bits per heavy atom. The lowest BCUT2D eigenvalue weighted by atomic mass is 9.84. The molecule has 0 aliphatic carbocycles. The number of rotatable bonds is 5. The van der Waals surface area contributed by atoms with Crippen molar-refractivity contribution >= 4 is 0 Å². The van der Waals surface area contributed by atoms with Gasteiger partial charge in [0.2, 0.25) is 0 Å². The number of hydrogen-bond acceptors (Lipinski definition) is 2. The predicted octanol–water partition coefficient (Wildman–Crippen LogP) is 3.12. The fourth-order valence-corrected chi connectivity index (χ4v) is 1.43. The van der Waals surface area contributed by atoms with Crippen molar-refractivity contribution in [3.8, 4) is 5.75 Å². The summed E-state index contributed by atoms with van der Waals surface area (Å²) in [6.07, 6.45) is 2.30. The molecule has 0 saturated carbocycles. The third-order valence-corrected chi connectivity index (χ3v) is 3.05. The zero-order valence-corrected chi connectivity index (χ0v) is 10.4. The van der Waals surface area contributed by atoms with Gasteiger partial charge >= 0.3 is 0 Å². The molecule has 0 spiro atoms. The highest BCUT2D eigenvalue weighted by Crippen LogP contribution is 2.21. The predicted molar refractivity (Wildman–Crippen MR) is 68.4 cm³/mol. The minimum atomic E-state index is -0.166. The van der Waals surface area contributed by atoms with E-state index >= 15 is 0 Å². The normalized spacial score (nSPS) is 14.6. The van der Waals surface area contributed by atoms with Gasteiger partial charge in [-0.2, -0.15) is 0 Å². The Morgan fingerprint density at radius 1 is 1.38 bits per heavy atom. The standard InChI is InChI=1S/C14H21NO/c1-5-16-13-8-6-12(7-9-13)10-14(4,15)11(2)3/h5-9,11H,1,10,15H2,2-4H3. The second kappa shape index (κ2) is 5.17. The lowest BCUT2D eigenvalue weighted by Gasteiger charge is -2.29. The van der Waals surface area contributed by atoms with E-state index in [9.17, 15) is 0 Å². The van der Waals surface area contributed by atoms with Gasteiger partial charge in [-0.25, -0.2) is 0 Å². The molecule has 2 N–H and O–H groups in total. The molecule has 1 aromatic rings. The molecule has 0 aromatic heterocycles. The van der Waals surface area contributed by atoms with Crippen molar-refractivity contribution in [1.82, 2.24) is 0 Å². The van der Waals surface area contributed by atoms with Gasteiger partial charge in [0.25, 0.3) is 0 Å². The fraction of sp³-hybridized carbons (Fsp3) is 0.429. The Morgan fingerprint density at radius 2 is 1.94 bits per heavy atom. The minimum Gasteiger partial charge on any atom is -0.466 e. The van der Waals surface area contributed by atoms with Crippen LogP contribution in [-0.2, 0) is 6.42 Å². The van der Waals surface area contributed by atoms with Crippen LogP contribution in [0.25, 0.3) is 0 Å². The Hall–Kier alpha value is -1.28. The number of nitrogens with two attached hydrogens (primary N) is 1. The molecule has 2 heteroatoms. The molecule has 2 nitrogen and oxygen atoms in total. The molecule has 16 heavy (non-hydrogen) atoms.